The summed E-state index contributed by atoms with van der Waals surface area (Å²) in [6.45, 7) is 7.66. The van der Waals surface area contributed by atoms with Gasteiger partial charge in [0.15, 0.2) is 6.10 Å². The lowest BCUT2D eigenvalue weighted by molar-refractivity contribution is -0.130. The number of ether oxygens (including phenoxy) is 1. The van der Waals surface area contributed by atoms with E-state index >= 15 is 0 Å². The standard InChI is InChI=1S/C19H27NO3/c1-12-9-13(2)11-16(10-12)19(22)23-15(4)18(21)20-17-8-6-5-7-14(17)3/h9-11,14-15,17H,5-8H2,1-4H3,(H,20,21)/t14-,15-,17-/m0/s1. The summed E-state index contributed by atoms with van der Waals surface area (Å²) < 4.78 is 5.33. The first-order valence-electron chi connectivity index (χ1n) is 8.46. The zero-order valence-corrected chi connectivity index (χ0v) is 14.5. The third-order valence-electron chi connectivity index (χ3n) is 4.55. The van der Waals surface area contributed by atoms with Gasteiger partial charge in [0.05, 0.1) is 5.56 Å². The second kappa shape index (κ2) is 7.62. The number of carbonyl (C=O) groups is 2. The molecule has 0 saturated heterocycles. The Morgan fingerprint density at radius 3 is 2.35 bits per heavy atom. The summed E-state index contributed by atoms with van der Waals surface area (Å²) in [4.78, 5) is 24.5. The van der Waals surface area contributed by atoms with Gasteiger partial charge in [0.1, 0.15) is 0 Å². The maximum atomic E-state index is 12.3. The number of hydrogen-bond acceptors (Lipinski definition) is 3. The molecule has 0 aromatic heterocycles. The molecule has 3 atom stereocenters. The van der Waals surface area contributed by atoms with Crippen LogP contribution in [0, 0.1) is 19.8 Å². The lowest BCUT2D eigenvalue weighted by Gasteiger charge is -2.30. The van der Waals surface area contributed by atoms with Crippen LogP contribution in [-0.4, -0.2) is 24.0 Å². The summed E-state index contributed by atoms with van der Waals surface area (Å²) in [6.07, 6.45) is 3.74. The van der Waals surface area contributed by atoms with Gasteiger partial charge in [0, 0.05) is 6.04 Å². The molecule has 23 heavy (non-hydrogen) atoms. The average Bonchev–Trinajstić information content (AvgIpc) is 2.48. The van der Waals surface area contributed by atoms with Gasteiger partial charge in [0.2, 0.25) is 0 Å². The van der Waals surface area contributed by atoms with Gasteiger partial charge in [-0.05, 0) is 51.7 Å². The molecule has 0 heterocycles. The number of esters is 1. The monoisotopic (exact) mass is 317 g/mol. The lowest BCUT2D eigenvalue weighted by Crippen LogP contribution is -2.46. The molecule has 1 N–H and O–H groups in total. The van der Waals surface area contributed by atoms with Gasteiger partial charge in [-0.1, -0.05) is 37.0 Å². The number of rotatable bonds is 4. The van der Waals surface area contributed by atoms with Gasteiger partial charge in [-0.2, -0.15) is 0 Å². The molecule has 1 amide bonds. The first-order valence-corrected chi connectivity index (χ1v) is 8.46. The Labute approximate surface area is 138 Å². The van der Waals surface area contributed by atoms with Crippen molar-refractivity contribution in [3.8, 4) is 0 Å². The maximum Gasteiger partial charge on any atom is 0.338 e. The highest BCUT2D eigenvalue weighted by atomic mass is 16.5. The molecule has 1 aromatic carbocycles. The van der Waals surface area contributed by atoms with E-state index in [0.29, 0.717) is 11.5 Å². The van der Waals surface area contributed by atoms with Gasteiger partial charge < -0.3 is 10.1 Å². The third kappa shape index (κ3) is 4.81. The molecular weight excluding hydrogens is 290 g/mol. The normalized spacial score (nSPS) is 22.3. The summed E-state index contributed by atoms with van der Waals surface area (Å²) in [6, 6.07) is 5.75. The predicted octanol–water partition coefficient (Wildman–Crippen LogP) is 3.54. The fourth-order valence-corrected chi connectivity index (χ4v) is 3.21. The Balaban J connectivity index is 1.93. The first-order chi connectivity index (χ1) is 10.9. The van der Waals surface area contributed by atoms with Crippen molar-refractivity contribution in [2.75, 3.05) is 0 Å². The van der Waals surface area contributed by atoms with Gasteiger partial charge in [-0.3, -0.25) is 4.79 Å². The predicted molar refractivity (Wildman–Crippen MR) is 90.4 cm³/mol. The molecule has 0 unspecified atom stereocenters. The fourth-order valence-electron chi connectivity index (χ4n) is 3.21. The Bertz CT molecular complexity index is 562. The molecule has 0 aliphatic heterocycles. The molecule has 1 aromatic rings. The van der Waals surface area contributed by atoms with Crippen molar-refractivity contribution in [1.29, 1.82) is 0 Å². The van der Waals surface area contributed by atoms with Crippen LogP contribution < -0.4 is 5.32 Å². The maximum absolute atomic E-state index is 12.3. The van der Waals surface area contributed by atoms with E-state index in [2.05, 4.69) is 12.2 Å². The highest BCUT2D eigenvalue weighted by Gasteiger charge is 2.26. The van der Waals surface area contributed by atoms with Crippen molar-refractivity contribution in [2.45, 2.75) is 65.5 Å². The van der Waals surface area contributed by atoms with Crippen LogP contribution in [0.2, 0.25) is 0 Å². The summed E-state index contributed by atoms with van der Waals surface area (Å²) in [5.41, 5.74) is 2.50. The third-order valence-corrected chi connectivity index (χ3v) is 4.55. The van der Waals surface area contributed by atoms with E-state index in [1.54, 1.807) is 19.1 Å². The molecule has 1 aliphatic rings. The van der Waals surface area contributed by atoms with Crippen molar-refractivity contribution < 1.29 is 14.3 Å². The summed E-state index contributed by atoms with van der Waals surface area (Å²) >= 11 is 0. The SMILES string of the molecule is Cc1cc(C)cc(C(=O)O[C@@H](C)C(=O)N[C@H]2CCCC[C@@H]2C)c1. The topological polar surface area (TPSA) is 55.4 Å². The minimum absolute atomic E-state index is 0.193. The Morgan fingerprint density at radius 2 is 1.74 bits per heavy atom. The number of benzene rings is 1. The van der Waals surface area contributed by atoms with Crippen molar-refractivity contribution in [3.63, 3.8) is 0 Å². The van der Waals surface area contributed by atoms with Crippen molar-refractivity contribution >= 4 is 11.9 Å². The largest absolute Gasteiger partial charge is 0.449 e. The average molecular weight is 317 g/mol. The number of aryl methyl sites for hydroxylation is 2. The van der Waals surface area contributed by atoms with E-state index < -0.39 is 12.1 Å². The number of hydrogen-bond donors (Lipinski definition) is 1. The van der Waals surface area contributed by atoms with Gasteiger partial charge in [0.25, 0.3) is 5.91 Å². The smallest absolute Gasteiger partial charge is 0.338 e. The van der Waals surface area contributed by atoms with E-state index in [-0.39, 0.29) is 11.9 Å². The van der Waals surface area contributed by atoms with Crippen LogP contribution in [0.1, 0.15) is 61.0 Å². The zero-order valence-electron chi connectivity index (χ0n) is 14.5. The molecule has 126 valence electrons. The number of amides is 1. The molecule has 1 saturated carbocycles. The fraction of sp³-hybridized carbons (Fsp3) is 0.579. The van der Waals surface area contributed by atoms with Crippen LogP contribution in [-0.2, 0) is 9.53 Å². The lowest BCUT2D eigenvalue weighted by atomic mass is 9.86. The summed E-state index contributed by atoms with van der Waals surface area (Å²) in [7, 11) is 0. The van der Waals surface area contributed by atoms with Crippen LogP contribution in [0.25, 0.3) is 0 Å². The van der Waals surface area contributed by atoms with E-state index in [1.165, 1.54) is 6.42 Å². The van der Waals surface area contributed by atoms with Crippen molar-refractivity contribution in [2.24, 2.45) is 5.92 Å². The molecule has 0 radical (unpaired) electrons. The molecule has 2 rings (SSSR count). The van der Waals surface area contributed by atoms with Crippen LogP contribution in [0.3, 0.4) is 0 Å². The quantitative estimate of drug-likeness (QED) is 0.864. The van der Waals surface area contributed by atoms with Gasteiger partial charge in [-0.15, -0.1) is 0 Å². The van der Waals surface area contributed by atoms with E-state index in [1.807, 2.05) is 19.9 Å². The molecule has 1 fully saturated rings. The number of nitrogens with one attached hydrogen (secondary N) is 1. The van der Waals surface area contributed by atoms with E-state index in [4.69, 9.17) is 4.74 Å². The van der Waals surface area contributed by atoms with E-state index in [9.17, 15) is 9.59 Å². The van der Waals surface area contributed by atoms with Crippen molar-refractivity contribution in [3.05, 3.63) is 34.9 Å². The Kier molecular flexibility index (Phi) is 5.80. The van der Waals surface area contributed by atoms with Gasteiger partial charge >= 0.3 is 5.97 Å². The van der Waals surface area contributed by atoms with Crippen LogP contribution in [0.15, 0.2) is 18.2 Å². The Morgan fingerprint density at radius 1 is 1.13 bits per heavy atom. The van der Waals surface area contributed by atoms with Gasteiger partial charge in [-0.25, -0.2) is 4.79 Å². The highest BCUT2D eigenvalue weighted by Crippen LogP contribution is 2.23. The van der Waals surface area contributed by atoms with Crippen molar-refractivity contribution in [1.82, 2.24) is 5.32 Å². The van der Waals surface area contributed by atoms with E-state index in [0.717, 1.165) is 30.4 Å². The summed E-state index contributed by atoms with van der Waals surface area (Å²) in [5, 5.41) is 3.03. The second-order valence-electron chi connectivity index (χ2n) is 6.80. The molecule has 4 nitrogen and oxygen atoms in total. The summed E-state index contributed by atoms with van der Waals surface area (Å²) in [5.74, 6) is -0.173. The minimum atomic E-state index is -0.780. The molecular formula is C19H27NO3. The minimum Gasteiger partial charge on any atom is -0.449 e. The zero-order chi connectivity index (χ0) is 17.0. The van der Waals surface area contributed by atoms with Crippen LogP contribution in [0.4, 0.5) is 0 Å². The highest BCUT2D eigenvalue weighted by molar-refractivity contribution is 5.92. The number of carbonyl (C=O) groups excluding carboxylic acids is 2. The molecule has 4 heteroatoms. The van der Waals surface area contributed by atoms with Crippen LogP contribution >= 0.6 is 0 Å². The molecule has 0 spiro atoms. The molecule has 1 aliphatic carbocycles. The van der Waals surface area contributed by atoms with Crippen LogP contribution in [0.5, 0.6) is 0 Å². The second-order valence-corrected chi connectivity index (χ2v) is 6.80. The Hall–Kier alpha value is -1.84. The molecule has 0 bridgehead atoms. The first kappa shape index (κ1) is 17.5.